The Morgan fingerprint density at radius 2 is 2.12 bits per heavy atom. The first-order valence-corrected chi connectivity index (χ1v) is 6.84. The van der Waals surface area contributed by atoms with Crippen molar-refractivity contribution in [3.8, 4) is 0 Å². The molecule has 2 atom stereocenters. The van der Waals surface area contributed by atoms with Crippen molar-refractivity contribution in [1.82, 2.24) is 10.3 Å². The van der Waals surface area contributed by atoms with Gasteiger partial charge in [0.25, 0.3) is 0 Å². The third-order valence-corrected chi connectivity index (χ3v) is 4.37. The Labute approximate surface area is 102 Å². The molecule has 0 radical (unpaired) electrons. The molecule has 3 heteroatoms. The molecular weight excluding hydrogens is 216 g/mol. The van der Waals surface area contributed by atoms with Gasteiger partial charge in [-0.25, -0.2) is 4.98 Å². The Bertz CT molecular complexity index is 345. The highest BCUT2D eigenvalue weighted by Gasteiger charge is 2.24. The summed E-state index contributed by atoms with van der Waals surface area (Å²) in [5.41, 5.74) is 2.45. The molecule has 0 bridgehead atoms. The summed E-state index contributed by atoms with van der Waals surface area (Å²) in [7, 11) is 2.06. The van der Waals surface area contributed by atoms with E-state index in [2.05, 4.69) is 43.3 Å². The molecule has 0 saturated heterocycles. The van der Waals surface area contributed by atoms with Crippen molar-refractivity contribution in [2.75, 3.05) is 7.05 Å². The number of hydrogen-bond donors (Lipinski definition) is 1. The molecule has 2 nitrogen and oxygen atoms in total. The van der Waals surface area contributed by atoms with E-state index in [-0.39, 0.29) is 0 Å². The van der Waals surface area contributed by atoms with Crippen molar-refractivity contribution in [3.05, 3.63) is 23.4 Å². The maximum absolute atomic E-state index is 4.59. The molecule has 1 heterocycles. The third-order valence-electron chi connectivity index (χ3n) is 3.15. The summed E-state index contributed by atoms with van der Waals surface area (Å²) >= 11 is 1.95. The number of pyridine rings is 1. The number of nitrogens with one attached hydrogen (secondary N) is 1. The number of rotatable bonds is 3. The van der Waals surface area contributed by atoms with Crippen LogP contribution in [0.3, 0.4) is 0 Å². The Morgan fingerprint density at radius 3 is 2.75 bits per heavy atom. The second-order valence-electron chi connectivity index (χ2n) is 4.66. The van der Waals surface area contributed by atoms with E-state index < -0.39 is 0 Å². The second-order valence-corrected chi connectivity index (χ2v) is 5.98. The zero-order valence-electron chi connectivity index (χ0n) is 10.3. The van der Waals surface area contributed by atoms with Crippen molar-refractivity contribution in [1.29, 1.82) is 0 Å². The van der Waals surface area contributed by atoms with Gasteiger partial charge in [0.1, 0.15) is 0 Å². The highest BCUT2D eigenvalue weighted by atomic mass is 32.2. The van der Waals surface area contributed by atoms with Crippen molar-refractivity contribution >= 4 is 11.8 Å². The molecule has 1 aromatic heterocycles. The second kappa shape index (κ2) is 5.19. The first-order chi connectivity index (χ1) is 7.67. The molecule has 16 heavy (non-hydrogen) atoms. The van der Waals surface area contributed by atoms with Crippen LogP contribution in [0, 0.1) is 13.8 Å². The van der Waals surface area contributed by atoms with Gasteiger partial charge in [0.2, 0.25) is 0 Å². The van der Waals surface area contributed by atoms with Crippen LogP contribution in [0.2, 0.25) is 0 Å². The molecule has 0 aromatic carbocycles. The fraction of sp³-hybridized carbons (Fsp3) is 0.615. The summed E-state index contributed by atoms with van der Waals surface area (Å²) in [5.74, 6) is 0. The predicted octanol–water partition coefficient (Wildman–Crippen LogP) is 2.93. The van der Waals surface area contributed by atoms with Crippen LogP contribution in [0.4, 0.5) is 0 Å². The summed E-state index contributed by atoms with van der Waals surface area (Å²) in [6.07, 6.45) is 3.89. The van der Waals surface area contributed by atoms with E-state index in [0.29, 0.717) is 6.04 Å². The first-order valence-electron chi connectivity index (χ1n) is 5.96. The zero-order chi connectivity index (χ0) is 11.5. The van der Waals surface area contributed by atoms with Gasteiger partial charge in [-0.3, -0.25) is 0 Å². The minimum atomic E-state index is 0.711. The summed E-state index contributed by atoms with van der Waals surface area (Å²) in [6.45, 7) is 4.21. The topological polar surface area (TPSA) is 24.9 Å². The van der Waals surface area contributed by atoms with Crippen LogP contribution in [0.1, 0.15) is 30.5 Å². The molecule has 88 valence electrons. The summed E-state index contributed by atoms with van der Waals surface area (Å²) in [4.78, 5) is 4.59. The molecule has 1 fully saturated rings. The Hall–Kier alpha value is -0.540. The van der Waals surface area contributed by atoms with E-state index in [1.807, 2.05) is 11.8 Å². The van der Waals surface area contributed by atoms with Gasteiger partial charge in [-0.1, -0.05) is 0 Å². The molecule has 1 aliphatic rings. The Kier molecular flexibility index (Phi) is 3.87. The SMILES string of the molecule is CNC1CCC(Sc2cc(C)cc(C)n2)C1. The first kappa shape index (κ1) is 11.9. The smallest absolute Gasteiger partial charge is 0.0968 e. The fourth-order valence-electron chi connectivity index (χ4n) is 2.34. The lowest BCUT2D eigenvalue weighted by Crippen LogP contribution is -2.21. The lowest BCUT2D eigenvalue weighted by atomic mass is 10.3. The van der Waals surface area contributed by atoms with Gasteiger partial charge in [0.15, 0.2) is 0 Å². The predicted molar refractivity (Wildman–Crippen MR) is 70.1 cm³/mol. The fourth-order valence-corrected chi connectivity index (χ4v) is 3.72. The van der Waals surface area contributed by atoms with Crippen molar-refractivity contribution < 1.29 is 0 Å². The van der Waals surface area contributed by atoms with Crippen LogP contribution in [0.25, 0.3) is 0 Å². The number of aryl methyl sites for hydroxylation is 2. The molecule has 1 aromatic rings. The van der Waals surface area contributed by atoms with Crippen LogP contribution in [0.5, 0.6) is 0 Å². The third kappa shape index (κ3) is 2.98. The van der Waals surface area contributed by atoms with Crippen LogP contribution < -0.4 is 5.32 Å². The lowest BCUT2D eigenvalue weighted by Gasteiger charge is -2.10. The monoisotopic (exact) mass is 236 g/mol. The van der Waals surface area contributed by atoms with Crippen molar-refractivity contribution in [2.24, 2.45) is 0 Å². The quantitative estimate of drug-likeness (QED) is 0.873. The van der Waals surface area contributed by atoms with Crippen LogP contribution in [-0.2, 0) is 0 Å². The normalized spacial score (nSPS) is 24.9. The average molecular weight is 236 g/mol. The molecule has 1 aliphatic carbocycles. The van der Waals surface area contributed by atoms with E-state index in [9.17, 15) is 0 Å². The van der Waals surface area contributed by atoms with E-state index in [4.69, 9.17) is 0 Å². The average Bonchev–Trinajstić information content (AvgIpc) is 2.64. The molecule has 1 N–H and O–H groups in total. The number of thioether (sulfide) groups is 1. The molecule has 0 aliphatic heterocycles. The molecular formula is C13H20N2S. The standard InChI is InChI=1S/C13H20N2S/c1-9-6-10(2)15-13(7-9)16-12-5-4-11(8-12)14-3/h6-7,11-12,14H,4-5,8H2,1-3H3. The number of hydrogen-bond acceptors (Lipinski definition) is 3. The van der Waals surface area contributed by atoms with Crippen LogP contribution >= 0.6 is 11.8 Å². The van der Waals surface area contributed by atoms with Gasteiger partial charge in [-0.2, -0.15) is 0 Å². The largest absolute Gasteiger partial charge is 0.317 e. The minimum absolute atomic E-state index is 0.711. The maximum Gasteiger partial charge on any atom is 0.0968 e. The molecule has 1 saturated carbocycles. The van der Waals surface area contributed by atoms with Crippen molar-refractivity contribution in [3.63, 3.8) is 0 Å². The highest BCUT2D eigenvalue weighted by Crippen LogP contribution is 2.34. The van der Waals surface area contributed by atoms with E-state index in [0.717, 1.165) is 10.9 Å². The van der Waals surface area contributed by atoms with Crippen LogP contribution in [-0.4, -0.2) is 23.3 Å². The van der Waals surface area contributed by atoms with E-state index in [1.165, 1.54) is 29.9 Å². The van der Waals surface area contributed by atoms with Gasteiger partial charge < -0.3 is 5.32 Å². The van der Waals surface area contributed by atoms with Gasteiger partial charge >= 0.3 is 0 Å². The summed E-state index contributed by atoms with van der Waals surface area (Å²) < 4.78 is 0. The van der Waals surface area contributed by atoms with Crippen molar-refractivity contribution in [2.45, 2.75) is 49.4 Å². The van der Waals surface area contributed by atoms with Gasteiger partial charge in [-0.15, -0.1) is 11.8 Å². The Morgan fingerprint density at radius 1 is 1.31 bits per heavy atom. The molecule has 0 amide bonds. The number of nitrogens with zero attached hydrogens (tertiary/aromatic N) is 1. The molecule has 0 spiro atoms. The van der Waals surface area contributed by atoms with Gasteiger partial charge in [0.05, 0.1) is 5.03 Å². The van der Waals surface area contributed by atoms with E-state index >= 15 is 0 Å². The number of aromatic nitrogens is 1. The summed E-state index contributed by atoms with van der Waals surface area (Å²) in [6, 6.07) is 5.04. The highest BCUT2D eigenvalue weighted by molar-refractivity contribution is 7.99. The van der Waals surface area contributed by atoms with Gasteiger partial charge in [0, 0.05) is 17.0 Å². The molecule has 2 unspecified atom stereocenters. The summed E-state index contributed by atoms with van der Waals surface area (Å²) in [5, 5.41) is 5.30. The Balaban J connectivity index is 1.99. The minimum Gasteiger partial charge on any atom is -0.317 e. The van der Waals surface area contributed by atoms with Gasteiger partial charge in [-0.05, 0) is 57.9 Å². The van der Waals surface area contributed by atoms with Crippen LogP contribution in [0.15, 0.2) is 17.2 Å². The maximum atomic E-state index is 4.59. The zero-order valence-corrected chi connectivity index (χ0v) is 11.1. The molecule has 2 rings (SSSR count). The van der Waals surface area contributed by atoms with E-state index in [1.54, 1.807) is 0 Å². The lowest BCUT2D eigenvalue weighted by molar-refractivity contribution is 0.583.